The maximum Gasteiger partial charge on any atom is 0.0424 e. The number of likely N-dealkylation sites (N-methyl/N-ethyl adjacent to an activating group) is 1. The first-order valence-electron chi connectivity index (χ1n) is 6.84. The van der Waals surface area contributed by atoms with E-state index >= 15 is 0 Å². The Kier molecular flexibility index (Phi) is 5.18. The summed E-state index contributed by atoms with van der Waals surface area (Å²) in [5.74, 6) is 0. The molecule has 2 N–H and O–H groups in total. The third-order valence-corrected chi connectivity index (χ3v) is 3.94. The summed E-state index contributed by atoms with van der Waals surface area (Å²) >= 11 is 6.05. The minimum atomic E-state index is 0.0165. The molecule has 2 aromatic carbocycles. The Morgan fingerprint density at radius 1 is 1.05 bits per heavy atom. The van der Waals surface area contributed by atoms with Crippen LogP contribution in [0.1, 0.15) is 30.1 Å². The van der Waals surface area contributed by atoms with Gasteiger partial charge in [0, 0.05) is 23.7 Å². The lowest BCUT2D eigenvalue weighted by Gasteiger charge is -2.28. The zero-order valence-corrected chi connectivity index (χ0v) is 12.7. The third-order valence-electron chi connectivity index (χ3n) is 3.70. The van der Waals surface area contributed by atoms with Crippen LogP contribution in [-0.4, -0.2) is 18.5 Å². The highest BCUT2D eigenvalue weighted by atomic mass is 35.5. The summed E-state index contributed by atoms with van der Waals surface area (Å²) in [5.41, 5.74) is 8.65. The van der Waals surface area contributed by atoms with E-state index in [-0.39, 0.29) is 12.1 Å². The fraction of sp³-hybridized carbons (Fsp3) is 0.294. The predicted octanol–water partition coefficient (Wildman–Crippen LogP) is 4.03. The molecule has 0 saturated heterocycles. The van der Waals surface area contributed by atoms with Crippen LogP contribution in [0.25, 0.3) is 0 Å². The molecule has 20 heavy (non-hydrogen) atoms. The minimum Gasteiger partial charge on any atom is -0.323 e. The van der Waals surface area contributed by atoms with Crippen molar-refractivity contribution in [2.75, 3.05) is 13.6 Å². The van der Waals surface area contributed by atoms with Gasteiger partial charge in [-0.25, -0.2) is 0 Å². The first-order chi connectivity index (χ1) is 9.58. The van der Waals surface area contributed by atoms with Gasteiger partial charge in [-0.1, -0.05) is 54.1 Å². The third kappa shape index (κ3) is 3.83. The Morgan fingerprint density at radius 3 is 2.35 bits per heavy atom. The average Bonchev–Trinajstić information content (AvgIpc) is 2.47. The molecule has 0 fully saturated rings. The van der Waals surface area contributed by atoms with Crippen molar-refractivity contribution in [2.24, 2.45) is 5.73 Å². The van der Waals surface area contributed by atoms with E-state index in [0.717, 1.165) is 17.1 Å². The molecule has 0 amide bonds. The van der Waals surface area contributed by atoms with Crippen molar-refractivity contribution in [3.8, 4) is 0 Å². The maximum atomic E-state index is 6.27. The molecule has 3 heteroatoms. The van der Waals surface area contributed by atoms with Gasteiger partial charge in [0.1, 0.15) is 0 Å². The molecule has 2 unspecified atom stereocenters. The standard InChI is InChI=1S/C17H21ClN2/c1-13(15-9-6-10-16(18)11-15)20(2)12-17(19)14-7-4-3-5-8-14/h3-11,13,17H,12,19H2,1-2H3. The highest BCUT2D eigenvalue weighted by Crippen LogP contribution is 2.23. The highest BCUT2D eigenvalue weighted by Gasteiger charge is 2.15. The number of benzene rings is 2. The first kappa shape index (κ1) is 15.0. The Hall–Kier alpha value is -1.35. The second-order valence-electron chi connectivity index (χ2n) is 5.19. The molecule has 2 aromatic rings. The van der Waals surface area contributed by atoms with Gasteiger partial charge in [0.2, 0.25) is 0 Å². The quantitative estimate of drug-likeness (QED) is 0.900. The minimum absolute atomic E-state index is 0.0165. The molecule has 2 atom stereocenters. The fourth-order valence-electron chi connectivity index (χ4n) is 2.29. The van der Waals surface area contributed by atoms with Crippen molar-refractivity contribution in [1.29, 1.82) is 0 Å². The maximum absolute atomic E-state index is 6.27. The van der Waals surface area contributed by atoms with E-state index in [2.05, 4.69) is 37.1 Å². The van der Waals surface area contributed by atoms with E-state index in [4.69, 9.17) is 17.3 Å². The average molecular weight is 289 g/mol. The predicted molar refractivity (Wildman–Crippen MR) is 85.9 cm³/mol. The zero-order chi connectivity index (χ0) is 14.5. The summed E-state index contributed by atoms with van der Waals surface area (Å²) in [6.07, 6.45) is 0. The van der Waals surface area contributed by atoms with Crippen molar-refractivity contribution in [1.82, 2.24) is 4.90 Å². The summed E-state index contributed by atoms with van der Waals surface area (Å²) < 4.78 is 0. The summed E-state index contributed by atoms with van der Waals surface area (Å²) in [5, 5.41) is 0.773. The molecule has 0 heterocycles. The largest absolute Gasteiger partial charge is 0.323 e. The lowest BCUT2D eigenvalue weighted by Crippen LogP contribution is -2.31. The topological polar surface area (TPSA) is 29.3 Å². The molecule has 0 saturated carbocycles. The van der Waals surface area contributed by atoms with Gasteiger partial charge < -0.3 is 5.73 Å². The Bertz CT molecular complexity index is 542. The van der Waals surface area contributed by atoms with Crippen LogP contribution in [-0.2, 0) is 0 Å². The number of hydrogen-bond donors (Lipinski definition) is 1. The van der Waals surface area contributed by atoms with Crippen LogP contribution in [0.3, 0.4) is 0 Å². The summed E-state index contributed by atoms with van der Waals surface area (Å²) in [6.45, 7) is 2.97. The molecule has 2 rings (SSSR count). The highest BCUT2D eigenvalue weighted by molar-refractivity contribution is 6.30. The van der Waals surface area contributed by atoms with Crippen molar-refractivity contribution in [3.63, 3.8) is 0 Å². The second kappa shape index (κ2) is 6.89. The smallest absolute Gasteiger partial charge is 0.0424 e. The molecule has 2 nitrogen and oxygen atoms in total. The number of halogens is 1. The number of nitrogens with zero attached hydrogens (tertiary/aromatic N) is 1. The van der Waals surface area contributed by atoms with Gasteiger partial charge in [-0.2, -0.15) is 0 Å². The van der Waals surface area contributed by atoms with E-state index in [1.165, 1.54) is 5.56 Å². The zero-order valence-electron chi connectivity index (χ0n) is 12.0. The fourth-order valence-corrected chi connectivity index (χ4v) is 2.49. The molecule has 0 aromatic heterocycles. The second-order valence-corrected chi connectivity index (χ2v) is 5.62. The Labute approximate surface area is 126 Å². The molecule has 0 aliphatic heterocycles. The Morgan fingerprint density at radius 2 is 1.70 bits per heavy atom. The van der Waals surface area contributed by atoms with Crippen LogP contribution in [0.5, 0.6) is 0 Å². The van der Waals surface area contributed by atoms with E-state index in [1.54, 1.807) is 0 Å². The summed E-state index contributed by atoms with van der Waals surface area (Å²) in [7, 11) is 2.09. The van der Waals surface area contributed by atoms with Crippen LogP contribution in [0.15, 0.2) is 54.6 Å². The molecule has 0 spiro atoms. The molecule has 106 valence electrons. The van der Waals surface area contributed by atoms with E-state index in [1.807, 2.05) is 36.4 Å². The molecule has 0 bridgehead atoms. The van der Waals surface area contributed by atoms with Crippen molar-refractivity contribution in [2.45, 2.75) is 19.0 Å². The van der Waals surface area contributed by atoms with Crippen LogP contribution >= 0.6 is 11.6 Å². The summed E-state index contributed by atoms with van der Waals surface area (Å²) in [6, 6.07) is 18.5. The monoisotopic (exact) mass is 288 g/mol. The lowest BCUT2D eigenvalue weighted by atomic mass is 10.0. The van der Waals surface area contributed by atoms with E-state index in [0.29, 0.717) is 0 Å². The lowest BCUT2D eigenvalue weighted by molar-refractivity contribution is 0.246. The molecule has 0 radical (unpaired) electrons. The van der Waals surface area contributed by atoms with Gasteiger partial charge in [-0.05, 0) is 37.2 Å². The first-order valence-corrected chi connectivity index (χ1v) is 7.22. The molecular formula is C17H21ClN2. The van der Waals surface area contributed by atoms with Crippen molar-refractivity contribution in [3.05, 3.63) is 70.7 Å². The number of nitrogens with two attached hydrogens (primary N) is 1. The molecule has 0 aliphatic rings. The van der Waals surface area contributed by atoms with E-state index < -0.39 is 0 Å². The van der Waals surface area contributed by atoms with Gasteiger partial charge in [0.15, 0.2) is 0 Å². The van der Waals surface area contributed by atoms with Crippen LogP contribution in [0.4, 0.5) is 0 Å². The van der Waals surface area contributed by atoms with E-state index in [9.17, 15) is 0 Å². The van der Waals surface area contributed by atoms with Crippen LogP contribution < -0.4 is 5.73 Å². The number of hydrogen-bond acceptors (Lipinski definition) is 2. The van der Waals surface area contributed by atoms with Gasteiger partial charge in [0.05, 0.1) is 0 Å². The van der Waals surface area contributed by atoms with Crippen molar-refractivity contribution >= 4 is 11.6 Å². The van der Waals surface area contributed by atoms with Gasteiger partial charge in [-0.15, -0.1) is 0 Å². The van der Waals surface area contributed by atoms with Gasteiger partial charge in [-0.3, -0.25) is 4.90 Å². The summed E-state index contributed by atoms with van der Waals surface area (Å²) in [4.78, 5) is 2.25. The van der Waals surface area contributed by atoms with Crippen LogP contribution in [0.2, 0.25) is 5.02 Å². The van der Waals surface area contributed by atoms with Crippen molar-refractivity contribution < 1.29 is 0 Å². The number of rotatable bonds is 5. The van der Waals surface area contributed by atoms with Gasteiger partial charge in [0.25, 0.3) is 0 Å². The molecule has 0 aliphatic carbocycles. The Balaban J connectivity index is 2.02. The van der Waals surface area contributed by atoms with Crippen LogP contribution in [0, 0.1) is 0 Å². The van der Waals surface area contributed by atoms with Gasteiger partial charge >= 0.3 is 0 Å². The normalized spacial score (nSPS) is 14.2. The SMILES string of the molecule is CC(c1cccc(Cl)c1)N(C)CC(N)c1ccccc1. The molecular weight excluding hydrogens is 268 g/mol.